The number of nitrogens with zero attached hydrogens (tertiary/aromatic N) is 2. The number of carbonyl (C=O) groups excluding carboxylic acids is 2. The molecule has 0 radical (unpaired) electrons. The molecule has 0 N–H and O–H groups in total. The van der Waals surface area contributed by atoms with E-state index in [0.29, 0.717) is 34.3 Å². The van der Waals surface area contributed by atoms with Gasteiger partial charge in [0.05, 0.1) is 12.2 Å². The van der Waals surface area contributed by atoms with Crippen LogP contribution in [0.4, 0.5) is 0 Å². The predicted molar refractivity (Wildman–Crippen MR) is 119 cm³/mol. The van der Waals surface area contributed by atoms with Crippen molar-refractivity contribution < 1.29 is 9.59 Å². The first-order valence-corrected chi connectivity index (χ1v) is 10.7. The van der Waals surface area contributed by atoms with Crippen molar-refractivity contribution in [2.45, 2.75) is 18.8 Å². The molecule has 0 spiro atoms. The summed E-state index contributed by atoms with van der Waals surface area (Å²) in [6, 6.07) is 19.1. The molecule has 30 heavy (non-hydrogen) atoms. The van der Waals surface area contributed by atoms with Gasteiger partial charge in [-0.2, -0.15) is 0 Å². The molecule has 1 aliphatic heterocycles. The van der Waals surface area contributed by atoms with Gasteiger partial charge in [0.15, 0.2) is 5.78 Å². The Balaban J connectivity index is 1.38. The Morgan fingerprint density at radius 2 is 1.63 bits per heavy atom. The van der Waals surface area contributed by atoms with Crippen LogP contribution in [0.25, 0.3) is 0 Å². The molecule has 4 nitrogen and oxygen atoms in total. The van der Waals surface area contributed by atoms with Crippen LogP contribution in [0.1, 0.15) is 50.7 Å². The number of aromatic nitrogens is 1. The molecule has 0 unspecified atom stereocenters. The van der Waals surface area contributed by atoms with Gasteiger partial charge in [-0.15, -0.1) is 0 Å². The fraction of sp³-hybridized carbons (Fsp3) is 0.280. The molecule has 0 amide bonds. The van der Waals surface area contributed by atoms with Crippen molar-refractivity contribution in [3.8, 4) is 0 Å². The SMILES string of the molecule is Cn1cc(C(=O)CN2CCC(c3ccccc3)CC2)cc1C(=O)c1ccc(Cl)cc1. The Bertz CT molecular complexity index is 1030. The highest BCUT2D eigenvalue weighted by atomic mass is 35.5. The Labute approximate surface area is 182 Å². The van der Waals surface area contributed by atoms with Crippen molar-refractivity contribution in [3.05, 3.63) is 94.3 Å². The van der Waals surface area contributed by atoms with Crippen molar-refractivity contribution in [1.29, 1.82) is 0 Å². The summed E-state index contributed by atoms with van der Waals surface area (Å²) in [5.41, 5.74) is 3.03. The minimum atomic E-state index is -0.114. The number of ketones is 2. The van der Waals surface area contributed by atoms with Gasteiger partial charge >= 0.3 is 0 Å². The molecule has 0 bridgehead atoms. The van der Waals surface area contributed by atoms with E-state index >= 15 is 0 Å². The second kappa shape index (κ2) is 8.99. The Kier molecular flexibility index (Phi) is 6.16. The van der Waals surface area contributed by atoms with Gasteiger partial charge in [-0.1, -0.05) is 41.9 Å². The summed E-state index contributed by atoms with van der Waals surface area (Å²) >= 11 is 5.91. The lowest BCUT2D eigenvalue weighted by atomic mass is 9.89. The maximum absolute atomic E-state index is 12.8. The molecule has 2 aromatic carbocycles. The van der Waals surface area contributed by atoms with Gasteiger partial charge < -0.3 is 4.57 Å². The smallest absolute Gasteiger partial charge is 0.209 e. The molecule has 154 valence electrons. The highest BCUT2D eigenvalue weighted by molar-refractivity contribution is 6.30. The topological polar surface area (TPSA) is 42.3 Å². The first kappa shape index (κ1) is 20.6. The number of hydrogen-bond donors (Lipinski definition) is 0. The first-order valence-electron chi connectivity index (χ1n) is 10.3. The van der Waals surface area contributed by atoms with E-state index in [-0.39, 0.29) is 11.6 Å². The summed E-state index contributed by atoms with van der Waals surface area (Å²) in [5, 5.41) is 0.588. The van der Waals surface area contributed by atoms with Crippen LogP contribution in [0.2, 0.25) is 5.02 Å². The van der Waals surface area contributed by atoms with Gasteiger partial charge in [0, 0.05) is 29.4 Å². The summed E-state index contributed by atoms with van der Waals surface area (Å²) in [6.07, 6.45) is 3.88. The molecule has 0 atom stereocenters. The molecule has 2 heterocycles. The molecular formula is C25H25ClN2O2. The predicted octanol–water partition coefficient (Wildman–Crippen LogP) is 4.97. The van der Waals surface area contributed by atoms with Crippen molar-refractivity contribution in [1.82, 2.24) is 9.47 Å². The number of Topliss-reactive ketones (excluding diaryl/α,β-unsaturated/α-hetero) is 1. The molecule has 1 fully saturated rings. The highest BCUT2D eigenvalue weighted by Crippen LogP contribution is 2.28. The second-order valence-corrected chi connectivity index (χ2v) is 8.38. The third kappa shape index (κ3) is 4.55. The highest BCUT2D eigenvalue weighted by Gasteiger charge is 2.23. The molecule has 5 heteroatoms. The Hall–Kier alpha value is -2.69. The van der Waals surface area contributed by atoms with Crippen LogP contribution in [0, 0.1) is 0 Å². The fourth-order valence-corrected chi connectivity index (χ4v) is 4.26. The average molecular weight is 421 g/mol. The largest absolute Gasteiger partial charge is 0.347 e. The maximum Gasteiger partial charge on any atom is 0.209 e. The molecule has 3 aromatic rings. The van der Waals surface area contributed by atoms with E-state index in [1.165, 1.54) is 5.56 Å². The van der Waals surface area contributed by atoms with Crippen LogP contribution < -0.4 is 0 Å². The first-order chi connectivity index (χ1) is 14.5. The number of piperidine rings is 1. The zero-order valence-electron chi connectivity index (χ0n) is 17.1. The summed E-state index contributed by atoms with van der Waals surface area (Å²) in [7, 11) is 1.80. The molecular weight excluding hydrogens is 396 g/mol. The fourth-order valence-electron chi connectivity index (χ4n) is 4.14. The second-order valence-electron chi connectivity index (χ2n) is 7.95. The normalized spacial score (nSPS) is 15.3. The number of likely N-dealkylation sites (tertiary alicyclic amines) is 1. The Morgan fingerprint density at radius 3 is 2.30 bits per heavy atom. The summed E-state index contributed by atoms with van der Waals surface area (Å²) in [5.74, 6) is 0.508. The van der Waals surface area contributed by atoms with Crippen LogP contribution in [-0.4, -0.2) is 40.7 Å². The quantitative estimate of drug-likeness (QED) is 0.528. The minimum absolute atomic E-state index is 0.0546. The van der Waals surface area contributed by atoms with E-state index in [1.807, 2.05) is 6.07 Å². The van der Waals surface area contributed by atoms with E-state index in [1.54, 1.807) is 48.1 Å². The van der Waals surface area contributed by atoms with E-state index in [2.05, 4.69) is 29.2 Å². The van der Waals surface area contributed by atoms with Crippen LogP contribution in [0.5, 0.6) is 0 Å². The standard InChI is InChI=1S/C25H25ClN2O2/c1-27-16-21(15-23(27)25(30)20-7-9-22(26)10-8-20)24(29)17-28-13-11-19(12-14-28)18-5-3-2-4-6-18/h2-10,15-16,19H,11-14,17H2,1H3. The zero-order valence-corrected chi connectivity index (χ0v) is 17.8. The number of carbonyl (C=O) groups is 2. The zero-order chi connectivity index (χ0) is 21.1. The van der Waals surface area contributed by atoms with Gasteiger partial charge in [0.1, 0.15) is 0 Å². The summed E-state index contributed by atoms with van der Waals surface area (Å²) in [4.78, 5) is 27.9. The average Bonchev–Trinajstić information content (AvgIpc) is 3.17. The van der Waals surface area contributed by atoms with Gasteiger partial charge in [-0.25, -0.2) is 0 Å². The number of halogens is 1. The molecule has 0 aliphatic carbocycles. The van der Waals surface area contributed by atoms with Crippen LogP contribution in [0.15, 0.2) is 66.9 Å². The van der Waals surface area contributed by atoms with Gasteiger partial charge in [0.2, 0.25) is 5.78 Å². The van der Waals surface area contributed by atoms with Crippen LogP contribution in [-0.2, 0) is 7.05 Å². The third-order valence-corrected chi connectivity index (χ3v) is 6.14. The van der Waals surface area contributed by atoms with Crippen molar-refractivity contribution in [2.24, 2.45) is 7.05 Å². The van der Waals surface area contributed by atoms with Crippen molar-refractivity contribution in [2.75, 3.05) is 19.6 Å². The van der Waals surface area contributed by atoms with Crippen molar-refractivity contribution in [3.63, 3.8) is 0 Å². The van der Waals surface area contributed by atoms with Gasteiger partial charge in [0.25, 0.3) is 0 Å². The van der Waals surface area contributed by atoms with E-state index in [4.69, 9.17) is 11.6 Å². The minimum Gasteiger partial charge on any atom is -0.347 e. The number of rotatable bonds is 6. The molecule has 0 saturated carbocycles. The van der Waals surface area contributed by atoms with Crippen LogP contribution in [0.3, 0.4) is 0 Å². The molecule has 1 aromatic heterocycles. The van der Waals surface area contributed by atoms with Crippen molar-refractivity contribution >= 4 is 23.2 Å². The lowest BCUT2D eigenvalue weighted by molar-refractivity contribution is 0.0909. The number of benzene rings is 2. The third-order valence-electron chi connectivity index (χ3n) is 5.89. The lowest BCUT2D eigenvalue weighted by Crippen LogP contribution is -2.36. The van der Waals surface area contributed by atoms with Gasteiger partial charge in [-0.05, 0) is 67.7 Å². The summed E-state index contributed by atoms with van der Waals surface area (Å²) in [6.45, 7) is 2.21. The lowest BCUT2D eigenvalue weighted by Gasteiger charge is -2.31. The van der Waals surface area contributed by atoms with E-state index in [9.17, 15) is 9.59 Å². The Morgan fingerprint density at radius 1 is 0.967 bits per heavy atom. The molecule has 1 saturated heterocycles. The van der Waals surface area contributed by atoms with E-state index in [0.717, 1.165) is 25.9 Å². The van der Waals surface area contributed by atoms with E-state index < -0.39 is 0 Å². The number of aryl methyl sites for hydroxylation is 1. The van der Waals surface area contributed by atoms with Gasteiger partial charge in [-0.3, -0.25) is 14.5 Å². The number of hydrogen-bond acceptors (Lipinski definition) is 3. The van der Waals surface area contributed by atoms with Crippen LogP contribution >= 0.6 is 11.6 Å². The maximum atomic E-state index is 12.8. The molecule has 1 aliphatic rings. The molecule has 4 rings (SSSR count). The summed E-state index contributed by atoms with van der Waals surface area (Å²) < 4.78 is 1.73. The monoisotopic (exact) mass is 420 g/mol.